The van der Waals surface area contributed by atoms with Crippen LogP contribution in [0.5, 0.6) is 0 Å². The molecule has 0 aliphatic carbocycles. The van der Waals surface area contributed by atoms with Crippen molar-refractivity contribution in [2.24, 2.45) is 4.99 Å². The van der Waals surface area contributed by atoms with Gasteiger partial charge in [-0.3, -0.25) is 4.79 Å². The Hall–Kier alpha value is -4.54. The maximum absolute atomic E-state index is 12.7. The van der Waals surface area contributed by atoms with E-state index in [1.165, 1.54) is 17.3 Å². The van der Waals surface area contributed by atoms with Crippen molar-refractivity contribution < 1.29 is 23.8 Å². The summed E-state index contributed by atoms with van der Waals surface area (Å²) in [5.41, 5.74) is 4.31. The van der Waals surface area contributed by atoms with E-state index in [1.54, 1.807) is 25.3 Å². The number of amidine groups is 1. The molecular weight excluding hydrogens is 564 g/mol. The predicted molar refractivity (Wildman–Crippen MR) is 168 cm³/mol. The zero-order valence-corrected chi connectivity index (χ0v) is 24.8. The first-order chi connectivity index (χ1) is 20.9. The largest absolute Gasteiger partial charge is 0.467 e. The van der Waals surface area contributed by atoms with Gasteiger partial charge < -0.3 is 29.8 Å². The first-order valence-corrected chi connectivity index (χ1v) is 15.0. The van der Waals surface area contributed by atoms with Gasteiger partial charge in [-0.05, 0) is 66.4 Å². The van der Waals surface area contributed by atoms with Gasteiger partial charge >= 0.3 is 6.09 Å². The smallest absolute Gasteiger partial charge is 0.408 e. The van der Waals surface area contributed by atoms with Gasteiger partial charge in [0, 0.05) is 5.69 Å². The van der Waals surface area contributed by atoms with Gasteiger partial charge in [0.25, 0.3) is 0 Å². The number of anilines is 1. The molecule has 3 aromatic carbocycles. The highest BCUT2D eigenvalue weighted by molar-refractivity contribution is 8.14. The number of aliphatic hydroxyl groups excluding tert-OH is 1. The molecule has 1 saturated heterocycles. The fourth-order valence-electron chi connectivity index (χ4n) is 4.55. The van der Waals surface area contributed by atoms with Crippen molar-refractivity contribution in [2.75, 3.05) is 5.32 Å². The topological polar surface area (TPSA) is 116 Å². The molecule has 1 aliphatic heterocycles. The number of rotatable bonds is 10. The molecule has 0 spiro atoms. The third kappa shape index (κ3) is 7.85. The van der Waals surface area contributed by atoms with Crippen molar-refractivity contribution in [3.05, 3.63) is 120 Å². The number of hydrogen-bond donors (Lipinski definition) is 3. The van der Waals surface area contributed by atoms with Gasteiger partial charge in [-0.25, -0.2) is 9.79 Å². The van der Waals surface area contributed by atoms with Crippen LogP contribution in [0.2, 0.25) is 0 Å². The molecule has 2 amide bonds. The normalized spacial score (nSPS) is 17.9. The van der Waals surface area contributed by atoms with Crippen molar-refractivity contribution in [1.29, 1.82) is 0 Å². The molecule has 9 nitrogen and oxygen atoms in total. The molecule has 2 heterocycles. The quantitative estimate of drug-likeness (QED) is 0.194. The predicted octanol–water partition coefficient (Wildman–Crippen LogP) is 6.39. The molecule has 222 valence electrons. The van der Waals surface area contributed by atoms with E-state index >= 15 is 0 Å². The first-order valence-electron chi connectivity index (χ1n) is 14.1. The molecule has 3 N–H and O–H groups in total. The van der Waals surface area contributed by atoms with Crippen LogP contribution in [0.4, 0.5) is 16.2 Å². The van der Waals surface area contributed by atoms with Crippen LogP contribution in [0.3, 0.4) is 0 Å². The Morgan fingerprint density at radius 2 is 1.79 bits per heavy atom. The summed E-state index contributed by atoms with van der Waals surface area (Å²) in [5.74, 6) is 0.341. The summed E-state index contributed by atoms with van der Waals surface area (Å²) in [5, 5.41) is 17.1. The Morgan fingerprint density at radius 1 is 1.02 bits per heavy atom. The number of aliphatic hydroxyl groups is 1. The second-order valence-electron chi connectivity index (χ2n) is 10.1. The fourth-order valence-corrected chi connectivity index (χ4v) is 5.81. The van der Waals surface area contributed by atoms with Crippen LogP contribution in [0.15, 0.2) is 107 Å². The highest BCUT2D eigenvalue weighted by Gasteiger charge is 2.39. The zero-order valence-electron chi connectivity index (χ0n) is 24.0. The zero-order chi connectivity index (χ0) is 30.2. The highest BCUT2D eigenvalue weighted by Crippen LogP contribution is 2.44. The van der Waals surface area contributed by atoms with Gasteiger partial charge in [-0.15, -0.1) is 0 Å². The molecule has 43 heavy (non-hydrogen) atoms. The number of nitrogens with zero attached hydrogens (tertiary/aromatic N) is 2. The van der Waals surface area contributed by atoms with E-state index < -0.39 is 18.4 Å². The number of thioether (sulfide) groups is 1. The van der Waals surface area contributed by atoms with Crippen LogP contribution in [0, 0.1) is 0 Å². The number of alkyl carbamates (subject to hydrolysis) is 1. The minimum absolute atomic E-state index is 0.115. The van der Waals surface area contributed by atoms with E-state index in [2.05, 4.69) is 29.7 Å². The third-order valence-corrected chi connectivity index (χ3v) is 8.27. The summed E-state index contributed by atoms with van der Waals surface area (Å²) < 4.78 is 10.8. The second-order valence-corrected chi connectivity index (χ2v) is 11.2. The Kier molecular flexibility index (Phi) is 9.81. The molecule has 5 rings (SSSR count). The highest BCUT2D eigenvalue weighted by atomic mass is 32.2. The summed E-state index contributed by atoms with van der Waals surface area (Å²) in [7, 11) is 0. The lowest BCUT2D eigenvalue weighted by atomic mass is 10.1. The van der Waals surface area contributed by atoms with Crippen LogP contribution in [-0.2, 0) is 29.1 Å². The van der Waals surface area contributed by atoms with Gasteiger partial charge in [0.05, 0.1) is 23.7 Å². The SMILES string of the molecule is CCc1cccc(N=C2SC(c3ccc(NC(=O)[C@H](C)NC(=O)OCc4ccccc4)cc3)C(O)N2Cc2ccco2)c1. The standard InChI is InChI=1S/C33H34N4O5S/c1-3-23-11-7-12-27(19-23)36-32-37(20-28-13-8-18-41-28)31(39)29(43-32)25-14-16-26(17-15-25)35-30(38)22(2)34-33(40)42-21-24-9-5-4-6-10-24/h4-19,22,29,31,39H,3,20-21H2,1-2H3,(H,34,40)(H,35,38)/t22-,29?,31?/m0/s1. The maximum atomic E-state index is 12.7. The Bertz CT molecular complexity index is 1540. The lowest BCUT2D eigenvalue weighted by molar-refractivity contribution is -0.117. The maximum Gasteiger partial charge on any atom is 0.408 e. The molecule has 0 bridgehead atoms. The summed E-state index contributed by atoms with van der Waals surface area (Å²) in [6.07, 6.45) is 0.992. The number of benzene rings is 3. The van der Waals surface area contributed by atoms with E-state index in [1.807, 2.05) is 71.6 Å². The summed E-state index contributed by atoms with van der Waals surface area (Å²) >= 11 is 1.48. The molecule has 1 fully saturated rings. The lowest BCUT2D eigenvalue weighted by Gasteiger charge is -2.23. The van der Waals surface area contributed by atoms with E-state index in [9.17, 15) is 14.7 Å². The van der Waals surface area contributed by atoms with Crippen LogP contribution in [0.1, 0.15) is 41.5 Å². The Morgan fingerprint density at radius 3 is 2.51 bits per heavy atom. The number of ether oxygens (including phenoxy) is 1. The molecule has 2 unspecified atom stereocenters. The monoisotopic (exact) mass is 598 g/mol. The molecule has 1 aliphatic rings. The molecule has 10 heteroatoms. The number of amides is 2. The first kappa shape index (κ1) is 29.9. The number of carbonyl (C=O) groups excluding carboxylic acids is 2. The van der Waals surface area contributed by atoms with Gasteiger partial charge in [-0.2, -0.15) is 0 Å². The minimum Gasteiger partial charge on any atom is -0.467 e. The lowest BCUT2D eigenvalue weighted by Crippen LogP contribution is -2.41. The second kappa shape index (κ2) is 14.1. The Balaban J connectivity index is 1.23. The van der Waals surface area contributed by atoms with Crippen molar-refractivity contribution in [3.8, 4) is 0 Å². The number of furan rings is 1. The van der Waals surface area contributed by atoms with Crippen molar-refractivity contribution in [1.82, 2.24) is 10.2 Å². The fraction of sp³-hybridized carbons (Fsp3) is 0.242. The van der Waals surface area contributed by atoms with E-state index in [0.29, 0.717) is 17.4 Å². The van der Waals surface area contributed by atoms with Crippen molar-refractivity contribution in [2.45, 2.75) is 50.9 Å². The average molecular weight is 599 g/mol. The average Bonchev–Trinajstić information content (AvgIpc) is 3.65. The van der Waals surface area contributed by atoms with Crippen molar-refractivity contribution >= 4 is 40.3 Å². The molecule has 3 atom stereocenters. The molecule has 0 radical (unpaired) electrons. The molecular formula is C33H34N4O5S. The Labute approximate surface area is 255 Å². The van der Waals surface area contributed by atoms with Crippen LogP contribution in [-0.4, -0.2) is 39.4 Å². The van der Waals surface area contributed by atoms with Gasteiger partial charge in [0.2, 0.25) is 5.91 Å². The van der Waals surface area contributed by atoms with Gasteiger partial charge in [0.15, 0.2) is 5.17 Å². The van der Waals surface area contributed by atoms with Gasteiger partial charge in [0.1, 0.15) is 24.6 Å². The molecule has 0 saturated carbocycles. The van der Waals surface area contributed by atoms with E-state index in [0.717, 1.165) is 29.0 Å². The van der Waals surface area contributed by atoms with Crippen LogP contribution >= 0.6 is 11.8 Å². The number of nitrogens with one attached hydrogen (secondary N) is 2. The van der Waals surface area contributed by atoms with Crippen LogP contribution in [0.25, 0.3) is 0 Å². The number of aliphatic imine (C=N–C) groups is 1. The molecule has 4 aromatic rings. The number of carbonyl (C=O) groups is 2. The van der Waals surface area contributed by atoms with E-state index in [-0.39, 0.29) is 17.8 Å². The van der Waals surface area contributed by atoms with E-state index in [4.69, 9.17) is 14.1 Å². The van der Waals surface area contributed by atoms with Crippen molar-refractivity contribution in [3.63, 3.8) is 0 Å². The van der Waals surface area contributed by atoms with Crippen LogP contribution < -0.4 is 10.6 Å². The minimum atomic E-state index is -0.852. The number of hydrogen-bond acceptors (Lipinski definition) is 7. The summed E-state index contributed by atoms with van der Waals surface area (Å²) in [6, 6.07) is 27.5. The number of aryl methyl sites for hydroxylation is 1. The molecule has 1 aromatic heterocycles. The summed E-state index contributed by atoms with van der Waals surface area (Å²) in [6.45, 7) is 4.18. The van der Waals surface area contributed by atoms with Gasteiger partial charge in [-0.1, -0.05) is 73.3 Å². The summed E-state index contributed by atoms with van der Waals surface area (Å²) in [4.78, 5) is 31.6. The third-order valence-electron chi connectivity index (χ3n) is 6.97.